The highest BCUT2D eigenvalue weighted by molar-refractivity contribution is 9.10. The Morgan fingerprint density at radius 2 is 2.21 bits per heavy atom. The van der Waals surface area contributed by atoms with Crippen molar-refractivity contribution in [1.29, 1.82) is 0 Å². The Kier molecular flexibility index (Phi) is 5.31. The van der Waals surface area contributed by atoms with Crippen LogP contribution in [0.3, 0.4) is 0 Å². The van der Waals surface area contributed by atoms with Crippen LogP contribution in [-0.4, -0.2) is 18.6 Å². The molecule has 0 spiro atoms. The number of rotatable bonds is 4. The summed E-state index contributed by atoms with van der Waals surface area (Å²) >= 11 is 9.39. The fourth-order valence-electron chi connectivity index (χ4n) is 2.60. The van der Waals surface area contributed by atoms with E-state index in [1.807, 2.05) is 18.2 Å². The largest absolute Gasteiger partial charge is 0.493 e. The maximum absolute atomic E-state index is 12.5. The summed E-state index contributed by atoms with van der Waals surface area (Å²) < 4.78 is 12.3. The summed E-state index contributed by atoms with van der Waals surface area (Å²) in [5.74, 6) is 1.20. The fourth-order valence-corrected chi connectivity index (χ4v) is 3.16. The van der Waals surface area contributed by atoms with Crippen LogP contribution < -0.4 is 14.8 Å². The van der Waals surface area contributed by atoms with Crippen molar-refractivity contribution >= 4 is 33.4 Å². The first-order valence-corrected chi connectivity index (χ1v) is 8.85. The van der Waals surface area contributed by atoms with E-state index < -0.39 is 6.10 Å². The first-order chi connectivity index (χ1) is 11.5. The molecule has 126 valence electrons. The monoisotopic (exact) mass is 409 g/mol. The summed E-state index contributed by atoms with van der Waals surface area (Å²) in [7, 11) is 0. The maximum atomic E-state index is 12.5. The highest BCUT2D eigenvalue weighted by Crippen LogP contribution is 2.34. The first-order valence-electron chi connectivity index (χ1n) is 7.68. The molecule has 0 bridgehead atoms. The maximum Gasteiger partial charge on any atom is 0.261 e. The van der Waals surface area contributed by atoms with Gasteiger partial charge in [0.15, 0.2) is 6.10 Å². The lowest BCUT2D eigenvalue weighted by atomic mass is 10.0. The Hall–Kier alpha value is -1.72. The minimum atomic E-state index is -0.623. The van der Waals surface area contributed by atoms with Gasteiger partial charge < -0.3 is 14.8 Å². The average molecular weight is 411 g/mol. The van der Waals surface area contributed by atoms with Gasteiger partial charge in [-0.15, -0.1) is 0 Å². The normalized spacial score (nSPS) is 17.4. The van der Waals surface area contributed by atoms with E-state index in [0.717, 1.165) is 22.2 Å². The first kappa shape index (κ1) is 17.1. The molecule has 0 radical (unpaired) electrons. The van der Waals surface area contributed by atoms with E-state index in [1.165, 1.54) is 0 Å². The summed E-state index contributed by atoms with van der Waals surface area (Å²) in [6.45, 7) is 2.29. The van der Waals surface area contributed by atoms with E-state index in [9.17, 15) is 4.79 Å². The van der Waals surface area contributed by atoms with Crippen LogP contribution in [0, 0.1) is 0 Å². The van der Waals surface area contributed by atoms with Crippen molar-refractivity contribution in [3.63, 3.8) is 0 Å². The molecule has 6 heteroatoms. The third-order valence-electron chi connectivity index (χ3n) is 3.81. The highest BCUT2D eigenvalue weighted by Gasteiger charge is 2.25. The van der Waals surface area contributed by atoms with Crippen molar-refractivity contribution < 1.29 is 14.3 Å². The zero-order chi connectivity index (χ0) is 17.1. The molecule has 24 heavy (non-hydrogen) atoms. The van der Waals surface area contributed by atoms with Crippen molar-refractivity contribution in [2.75, 3.05) is 6.61 Å². The van der Waals surface area contributed by atoms with Gasteiger partial charge in [0.25, 0.3) is 5.91 Å². The van der Waals surface area contributed by atoms with Gasteiger partial charge in [-0.25, -0.2) is 0 Å². The molecule has 0 aromatic heterocycles. The van der Waals surface area contributed by atoms with Crippen LogP contribution in [0.1, 0.15) is 24.9 Å². The Labute approximate surface area is 154 Å². The van der Waals surface area contributed by atoms with E-state index >= 15 is 0 Å². The van der Waals surface area contributed by atoms with Crippen molar-refractivity contribution in [3.8, 4) is 11.5 Å². The third kappa shape index (κ3) is 4.02. The molecular formula is C18H17BrClNO3. The SMILES string of the molecule is CC(Oc1cccc(Cl)c1)C(=O)NC1CCOc2ccc(Br)cc21. The van der Waals surface area contributed by atoms with Crippen LogP contribution in [0.2, 0.25) is 5.02 Å². The molecule has 4 nitrogen and oxygen atoms in total. The van der Waals surface area contributed by atoms with Crippen LogP contribution in [0.15, 0.2) is 46.9 Å². The van der Waals surface area contributed by atoms with E-state index in [4.69, 9.17) is 21.1 Å². The molecular weight excluding hydrogens is 394 g/mol. The number of benzene rings is 2. The molecule has 3 rings (SSSR count). The van der Waals surface area contributed by atoms with Gasteiger partial charge >= 0.3 is 0 Å². The summed E-state index contributed by atoms with van der Waals surface area (Å²) in [5.41, 5.74) is 0.971. The van der Waals surface area contributed by atoms with Crippen LogP contribution in [0.5, 0.6) is 11.5 Å². The molecule has 2 aromatic rings. The Bertz CT molecular complexity index is 753. The van der Waals surface area contributed by atoms with Gasteiger partial charge in [-0.1, -0.05) is 33.6 Å². The van der Waals surface area contributed by atoms with Gasteiger partial charge in [0, 0.05) is 21.5 Å². The van der Waals surface area contributed by atoms with E-state index in [-0.39, 0.29) is 11.9 Å². The Morgan fingerprint density at radius 1 is 1.38 bits per heavy atom. The lowest BCUT2D eigenvalue weighted by Gasteiger charge is -2.28. The summed E-state index contributed by atoms with van der Waals surface area (Å²) in [5, 5.41) is 3.61. The quantitative estimate of drug-likeness (QED) is 0.807. The van der Waals surface area contributed by atoms with E-state index in [1.54, 1.807) is 31.2 Å². The number of carbonyl (C=O) groups is 1. The molecule has 1 amide bonds. The molecule has 0 fully saturated rings. The molecule has 2 aromatic carbocycles. The van der Waals surface area contributed by atoms with Crippen molar-refractivity contribution in [2.45, 2.75) is 25.5 Å². The fraction of sp³-hybridized carbons (Fsp3) is 0.278. The second kappa shape index (κ2) is 7.45. The topological polar surface area (TPSA) is 47.6 Å². The van der Waals surface area contributed by atoms with Crippen LogP contribution in [-0.2, 0) is 4.79 Å². The number of amides is 1. The van der Waals surface area contributed by atoms with Gasteiger partial charge in [0.1, 0.15) is 11.5 Å². The number of halogens is 2. The molecule has 2 unspecified atom stereocenters. The van der Waals surface area contributed by atoms with Gasteiger partial charge in [0.2, 0.25) is 0 Å². The molecule has 1 heterocycles. The Balaban J connectivity index is 1.68. The number of carbonyl (C=O) groups excluding carboxylic acids is 1. The minimum Gasteiger partial charge on any atom is -0.493 e. The second-order valence-corrected chi connectivity index (χ2v) is 6.95. The standard InChI is InChI=1S/C18H17BrClNO3/c1-11(24-14-4-2-3-13(20)10-14)18(22)21-16-7-8-23-17-6-5-12(19)9-15(16)17/h2-6,9-11,16H,7-8H2,1H3,(H,21,22). The molecule has 0 saturated carbocycles. The van der Waals surface area contributed by atoms with E-state index in [0.29, 0.717) is 17.4 Å². The minimum absolute atomic E-state index is 0.0934. The number of hydrogen-bond donors (Lipinski definition) is 1. The molecule has 2 atom stereocenters. The molecule has 1 aliphatic heterocycles. The van der Waals surface area contributed by atoms with E-state index in [2.05, 4.69) is 21.2 Å². The molecule has 1 aliphatic rings. The number of hydrogen-bond acceptors (Lipinski definition) is 3. The van der Waals surface area contributed by atoms with Crippen LogP contribution in [0.25, 0.3) is 0 Å². The zero-order valence-electron chi connectivity index (χ0n) is 13.1. The number of nitrogens with one attached hydrogen (secondary N) is 1. The Morgan fingerprint density at radius 3 is 3.00 bits per heavy atom. The molecule has 0 aliphatic carbocycles. The molecule has 1 N–H and O–H groups in total. The van der Waals surface area contributed by atoms with Gasteiger partial charge in [-0.05, 0) is 43.3 Å². The summed E-state index contributed by atoms with van der Waals surface area (Å²) in [6.07, 6.45) is 0.0981. The lowest BCUT2D eigenvalue weighted by Crippen LogP contribution is -2.40. The average Bonchev–Trinajstić information content (AvgIpc) is 2.55. The van der Waals surface area contributed by atoms with Gasteiger partial charge in [-0.2, -0.15) is 0 Å². The third-order valence-corrected chi connectivity index (χ3v) is 4.53. The summed E-state index contributed by atoms with van der Waals surface area (Å²) in [6, 6.07) is 12.7. The van der Waals surface area contributed by atoms with Crippen molar-refractivity contribution in [3.05, 3.63) is 57.5 Å². The van der Waals surface area contributed by atoms with Crippen LogP contribution in [0.4, 0.5) is 0 Å². The lowest BCUT2D eigenvalue weighted by molar-refractivity contribution is -0.128. The smallest absolute Gasteiger partial charge is 0.261 e. The van der Waals surface area contributed by atoms with Crippen molar-refractivity contribution in [2.24, 2.45) is 0 Å². The zero-order valence-corrected chi connectivity index (χ0v) is 15.4. The van der Waals surface area contributed by atoms with Gasteiger partial charge in [-0.3, -0.25) is 4.79 Å². The number of ether oxygens (including phenoxy) is 2. The predicted octanol–water partition coefficient (Wildman–Crippen LogP) is 4.51. The summed E-state index contributed by atoms with van der Waals surface area (Å²) in [4.78, 5) is 12.5. The van der Waals surface area contributed by atoms with Crippen LogP contribution >= 0.6 is 27.5 Å². The second-order valence-electron chi connectivity index (χ2n) is 5.60. The van der Waals surface area contributed by atoms with Gasteiger partial charge in [0.05, 0.1) is 12.6 Å². The highest BCUT2D eigenvalue weighted by atomic mass is 79.9. The predicted molar refractivity (Wildman–Crippen MR) is 96.7 cm³/mol. The number of fused-ring (bicyclic) bond motifs is 1. The van der Waals surface area contributed by atoms with Crippen molar-refractivity contribution in [1.82, 2.24) is 5.32 Å². The molecule has 0 saturated heterocycles.